The normalized spacial score (nSPS) is 19.4. The van der Waals surface area contributed by atoms with Gasteiger partial charge in [0.1, 0.15) is 0 Å². The highest BCUT2D eigenvalue weighted by Gasteiger charge is 2.46. The molecule has 0 radical (unpaired) electrons. The minimum Gasteiger partial charge on any atom is -0.481 e. The first-order chi connectivity index (χ1) is 8.06. The van der Waals surface area contributed by atoms with E-state index in [4.69, 9.17) is 21.4 Å². The smallest absolute Gasteiger partial charge is 0.303 e. The fourth-order valence-electron chi connectivity index (χ4n) is 2.35. The summed E-state index contributed by atoms with van der Waals surface area (Å²) in [5.41, 5.74) is 0.762. The van der Waals surface area contributed by atoms with Gasteiger partial charge in [-0.25, -0.2) is 0 Å². The summed E-state index contributed by atoms with van der Waals surface area (Å²) < 4.78 is 5.30. The predicted molar refractivity (Wildman–Crippen MR) is 65.4 cm³/mol. The summed E-state index contributed by atoms with van der Waals surface area (Å²) in [6.07, 6.45) is 0.134. The lowest BCUT2D eigenvalue weighted by Gasteiger charge is -2.46. The van der Waals surface area contributed by atoms with E-state index in [0.29, 0.717) is 18.2 Å². The Kier molecular flexibility index (Phi) is 3.40. The zero-order valence-corrected chi connectivity index (χ0v) is 10.4. The highest BCUT2D eigenvalue weighted by atomic mass is 35.5. The summed E-state index contributed by atoms with van der Waals surface area (Å²) in [6.45, 7) is 3.04. The maximum absolute atomic E-state index is 10.8. The summed E-state index contributed by atoms with van der Waals surface area (Å²) in [4.78, 5) is 10.8. The summed E-state index contributed by atoms with van der Waals surface area (Å²) in [5, 5.41) is 9.60. The number of carboxylic acids is 1. The van der Waals surface area contributed by atoms with Crippen LogP contribution in [0.5, 0.6) is 0 Å². The van der Waals surface area contributed by atoms with Crippen molar-refractivity contribution in [3.63, 3.8) is 0 Å². The predicted octanol–water partition coefficient (Wildman–Crippen LogP) is 2.72. The SMILES string of the molecule is CC(CC(=O)O)C1(c2ccccc2Cl)COC1. The zero-order chi connectivity index (χ0) is 12.5. The van der Waals surface area contributed by atoms with Crippen LogP contribution in [0.3, 0.4) is 0 Å². The number of aliphatic carboxylic acids is 1. The molecular weight excluding hydrogens is 240 g/mol. The molecule has 1 aromatic carbocycles. The van der Waals surface area contributed by atoms with Gasteiger partial charge in [-0.2, -0.15) is 0 Å². The van der Waals surface area contributed by atoms with E-state index in [1.807, 2.05) is 31.2 Å². The first-order valence-corrected chi connectivity index (χ1v) is 5.98. The molecule has 0 saturated carbocycles. The average molecular weight is 255 g/mol. The van der Waals surface area contributed by atoms with Gasteiger partial charge in [0.15, 0.2) is 0 Å². The van der Waals surface area contributed by atoms with Crippen molar-refractivity contribution in [2.24, 2.45) is 5.92 Å². The van der Waals surface area contributed by atoms with Crippen LogP contribution in [0.15, 0.2) is 24.3 Å². The molecule has 4 heteroatoms. The molecule has 3 nitrogen and oxygen atoms in total. The van der Waals surface area contributed by atoms with Crippen molar-refractivity contribution in [2.75, 3.05) is 13.2 Å². The van der Waals surface area contributed by atoms with E-state index in [9.17, 15) is 4.79 Å². The summed E-state index contributed by atoms with van der Waals surface area (Å²) >= 11 is 6.20. The lowest BCUT2D eigenvalue weighted by Crippen LogP contribution is -2.52. The van der Waals surface area contributed by atoms with Gasteiger partial charge < -0.3 is 9.84 Å². The van der Waals surface area contributed by atoms with Gasteiger partial charge in [-0.15, -0.1) is 0 Å². The summed E-state index contributed by atoms with van der Waals surface area (Å²) in [6, 6.07) is 7.60. The van der Waals surface area contributed by atoms with Crippen LogP contribution >= 0.6 is 11.6 Å². The third kappa shape index (κ3) is 2.17. The Hall–Kier alpha value is -1.06. The van der Waals surface area contributed by atoms with Crippen LogP contribution in [0.1, 0.15) is 18.9 Å². The third-order valence-electron chi connectivity index (χ3n) is 3.55. The highest BCUT2D eigenvalue weighted by molar-refractivity contribution is 6.31. The number of hydrogen-bond acceptors (Lipinski definition) is 2. The van der Waals surface area contributed by atoms with Gasteiger partial charge in [-0.3, -0.25) is 4.79 Å². The first-order valence-electron chi connectivity index (χ1n) is 5.61. The van der Waals surface area contributed by atoms with Gasteiger partial charge in [0.05, 0.1) is 13.2 Å². The first kappa shape index (κ1) is 12.4. The second kappa shape index (κ2) is 4.67. The maximum atomic E-state index is 10.8. The molecule has 1 unspecified atom stereocenters. The molecule has 1 fully saturated rings. The van der Waals surface area contributed by atoms with Crippen LogP contribution in [0.4, 0.5) is 0 Å². The Morgan fingerprint density at radius 2 is 2.18 bits per heavy atom. The van der Waals surface area contributed by atoms with Crippen molar-refractivity contribution in [1.82, 2.24) is 0 Å². The van der Waals surface area contributed by atoms with Crippen LogP contribution in [0.2, 0.25) is 5.02 Å². The molecule has 1 N–H and O–H groups in total. The lowest BCUT2D eigenvalue weighted by atomic mass is 9.68. The molecule has 0 amide bonds. The Morgan fingerprint density at radius 3 is 2.65 bits per heavy atom. The fourth-order valence-corrected chi connectivity index (χ4v) is 2.67. The molecule has 0 spiro atoms. The van der Waals surface area contributed by atoms with Crippen molar-refractivity contribution >= 4 is 17.6 Å². The number of carbonyl (C=O) groups is 1. The minimum atomic E-state index is -0.782. The average Bonchev–Trinajstić information content (AvgIpc) is 2.18. The Balaban J connectivity index is 2.31. The molecule has 1 saturated heterocycles. The maximum Gasteiger partial charge on any atom is 0.303 e. The fraction of sp³-hybridized carbons (Fsp3) is 0.462. The van der Waals surface area contributed by atoms with E-state index >= 15 is 0 Å². The van der Waals surface area contributed by atoms with E-state index in [1.165, 1.54) is 0 Å². The Bertz CT molecular complexity index is 426. The van der Waals surface area contributed by atoms with E-state index in [2.05, 4.69) is 0 Å². The van der Waals surface area contributed by atoms with Gasteiger partial charge in [0.25, 0.3) is 0 Å². The molecule has 92 valence electrons. The molecule has 1 atom stereocenters. The lowest BCUT2D eigenvalue weighted by molar-refractivity contribution is -0.142. The molecule has 1 aliphatic rings. The molecular formula is C13H15ClO3. The quantitative estimate of drug-likeness (QED) is 0.899. The number of hydrogen-bond donors (Lipinski definition) is 1. The van der Waals surface area contributed by atoms with Gasteiger partial charge in [-0.1, -0.05) is 36.7 Å². The molecule has 1 heterocycles. The number of benzene rings is 1. The Labute approximate surface area is 105 Å². The molecule has 0 aromatic heterocycles. The second-order valence-electron chi connectivity index (χ2n) is 4.63. The van der Waals surface area contributed by atoms with Crippen molar-refractivity contribution in [2.45, 2.75) is 18.8 Å². The standard InChI is InChI=1S/C13H15ClO3/c1-9(6-12(15)16)13(7-17-8-13)10-4-2-3-5-11(10)14/h2-5,9H,6-8H2,1H3,(H,15,16). The minimum absolute atomic E-state index is 0.00801. The van der Waals surface area contributed by atoms with Crippen molar-refractivity contribution in [3.05, 3.63) is 34.9 Å². The zero-order valence-electron chi connectivity index (χ0n) is 9.65. The van der Waals surface area contributed by atoms with Crippen LogP contribution in [-0.4, -0.2) is 24.3 Å². The topological polar surface area (TPSA) is 46.5 Å². The van der Waals surface area contributed by atoms with Crippen molar-refractivity contribution < 1.29 is 14.6 Å². The number of ether oxygens (including phenoxy) is 1. The molecule has 0 bridgehead atoms. The van der Waals surface area contributed by atoms with Gasteiger partial charge in [0, 0.05) is 16.9 Å². The summed E-state index contributed by atoms with van der Waals surface area (Å²) in [7, 11) is 0. The molecule has 0 aliphatic carbocycles. The van der Waals surface area contributed by atoms with E-state index in [1.54, 1.807) is 0 Å². The monoisotopic (exact) mass is 254 g/mol. The number of carboxylic acid groups (broad SMARTS) is 1. The molecule has 2 rings (SSSR count). The number of halogens is 1. The van der Waals surface area contributed by atoms with E-state index < -0.39 is 5.97 Å². The molecule has 1 aromatic rings. The van der Waals surface area contributed by atoms with Gasteiger partial charge in [-0.05, 0) is 17.5 Å². The van der Waals surface area contributed by atoms with E-state index in [0.717, 1.165) is 5.56 Å². The van der Waals surface area contributed by atoms with E-state index in [-0.39, 0.29) is 17.8 Å². The van der Waals surface area contributed by atoms with Crippen LogP contribution < -0.4 is 0 Å². The highest BCUT2D eigenvalue weighted by Crippen LogP contribution is 2.43. The second-order valence-corrected chi connectivity index (χ2v) is 5.03. The Morgan fingerprint density at radius 1 is 1.53 bits per heavy atom. The van der Waals surface area contributed by atoms with Crippen molar-refractivity contribution in [1.29, 1.82) is 0 Å². The largest absolute Gasteiger partial charge is 0.481 e. The van der Waals surface area contributed by atoms with Crippen LogP contribution in [0, 0.1) is 5.92 Å². The molecule has 17 heavy (non-hydrogen) atoms. The van der Waals surface area contributed by atoms with Gasteiger partial charge >= 0.3 is 5.97 Å². The van der Waals surface area contributed by atoms with Gasteiger partial charge in [0.2, 0.25) is 0 Å². The summed E-state index contributed by atoms with van der Waals surface area (Å²) in [5.74, 6) is -0.774. The number of rotatable bonds is 4. The van der Waals surface area contributed by atoms with Crippen LogP contribution in [-0.2, 0) is 14.9 Å². The van der Waals surface area contributed by atoms with Crippen molar-refractivity contribution in [3.8, 4) is 0 Å². The van der Waals surface area contributed by atoms with Crippen LogP contribution in [0.25, 0.3) is 0 Å². The third-order valence-corrected chi connectivity index (χ3v) is 3.88. The molecule has 1 aliphatic heterocycles.